The number of hydrogen-bond donors (Lipinski definition) is 2. The second-order valence-corrected chi connectivity index (χ2v) is 6.87. The first-order valence-electron chi connectivity index (χ1n) is 7.74. The Labute approximate surface area is 149 Å². The molecule has 0 saturated heterocycles. The monoisotopic (exact) mass is 356 g/mol. The first-order chi connectivity index (χ1) is 11.9. The first kappa shape index (κ1) is 17.1. The topological polar surface area (TPSA) is 62.2 Å². The van der Waals surface area contributed by atoms with Crippen LogP contribution >= 0.6 is 11.3 Å². The molecule has 4 nitrogen and oxygen atoms in total. The van der Waals surface area contributed by atoms with E-state index in [0.29, 0.717) is 21.4 Å². The maximum absolute atomic E-state index is 13.9. The maximum Gasteiger partial charge on any atom is 0.308 e. The highest BCUT2D eigenvalue weighted by atomic mass is 32.1. The predicted molar refractivity (Wildman–Crippen MR) is 98.0 cm³/mol. The summed E-state index contributed by atoms with van der Waals surface area (Å²) in [6, 6.07) is 12.3. The van der Waals surface area contributed by atoms with Crippen LogP contribution in [0.25, 0.3) is 11.3 Å². The summed E-state index contributed by atoms with van der Waals surface area (Å²) in [5.74, 6) is -1.31. The zero-order valence-electron chi connectivity index (χ0n) is 13.8. The lowest BCUT2D eigenvalue weighted by atomic mass is 10.0. The molecule has 0 amide bonds. The van der Waals surface area contributed by atoms with Crippen LogP contribution in [0.4, 0.5) is 15.2 Å². The quantitative estimate of drug-likeness (QED) is 0.680. The van der Waals surface area contributed by atoms with E-state index in [1.165, 1.54) is 17.4 Å². The normalized spacial score (nSPS) is 10.7. The van der Waals surface area contributed by atoms with E-state index < -0.39 is 5.97 Å². The summed E-state index contributed by atoms with van der Waals surface area (Å²) < 4.78 is 13.9. The van der Waals surface area contributed by atoms with Crippen molar-refractivity contribution in [1.29, 1.82) is 0 Å². The summed E-state index contributed by atoms with van der Waals surface area (Å²) >= 11 is 1.23. The number of aliphatic carboxylic acids is 1. The van der Waals surface area contributed by atoms with Gasteiger partial charge in [-0.05, 0) is 37.6 Å². The average Bonchev–Trinajstić information content (AvgIpc) is 2.93. The van der Waals surface area contributed by atoms with Crippen molar-refractivity contribution < 1.29 is 14.3 Å². The van der Waals surface area contributed by atoms with Crippen molar-refractivity contribution in [2.24, 2.45) is 0 Å². The molecule has 0 unspecified atom stereocenters. The van der Waals surface area contributed by atoms with Crippen molar-refractivity contribution in [1.82, 2.24) is 4.98 Å². The molecule has 0 aliphatic carbocycles. The standard InChI is InChI=1S/C19H17FN2O2S/c1-11-7-8-12(2)13(9-11)18-16(10-17(23)24)25-19(22-18)21-15-6-4-3-5-14(15)20/h3-9H,10H2,1-2H3,(H,21,22)(H,23,24). The number of nitrogens with zero attached hydrogens (tertiary/aromatic N) is 1. The number of carboxylic acid groups (broad SMARTS) is 1. The minimum Gasteiger partial charge on any atom is -0.481 e. The number of halogens is 1. The molecule has 0 atom stereocenters. The molecule has 3 aromatic rings. The first-order valence-corrected chi connectivity index (χ1v) is 8.56. The Hall–Kier alpha value is -2.73. The zero-order chi connectivity index (χ0) is 18.0. The van der Waals surface area contributed by atoms with Crippen LogP contribution in [-0.2, 0) is 11.2 Å². The van der Waals surface area contributed by atoms with Crippen LogP contribution in [0.5, 0.6) is 0 Å². The van der Waals surface area contributed by atoms with Crippen molar-refractivity contribution in [3.05, 3.63) is 64.3 Å². The minimum absolute atomic E-state index is 0.126. The summed E-state index contributed by atoms with van der Waals surface area (Å²) in [4.78, 5) is 16.4. The van der Waals surface area contributed by atoms with Crippen LogP contribution in [0.1, 0.15) is 16.0 Å². The number of thiazole rings is 1. The Morgan fingerprint density at radius 3 is 2.72 bits per heavy atom. The number of anilines is 2. The average molecular weight is 356 g/mol. The summed E-state index contributed by atoms with van der Waals surface area (Å²) in [6.45, 7) is 3.94. The molecule has 0 radical (unpaired) electrons. The summed E-state index contributed by atoms with van der Waals surface area (Å²) in [7, 11) is 0. The number of aryl methyl sites for hydroxylation is 2. The van der Waals surface area contributed by atoms with Crippen LogP contribution in [0.2, 0.25) is 0 Å². The molecular weight excluding hydrogens is 339 g/mol. The molecule has 2 N–H and O–H groups in total. The molecule has 0 aliphatic rings. The van der Waals surface area contributed by atoms with Gasteiger partial charge < -0.3 is 10.4 Å². The molecule has 0 saturated carbocycles. The number of nitrogens with one attached hydrogen (secondary N) is 1. The third-order valence-electron chi connectivity index (χ3n) is 3.77. The zero-order valence-corrected chi connectivity index (χ0v) is 14.7. The summed E-state index contributed by atoms with van der Waals surface area (Å²) in [6.07, 6.45) is -0.126. The number of benzene rings is 2. The Balaban J connectivity index is 2.05. The summed E-state index contributed by atoms with van der Waals surface area (Å²) in [5, 5.41) is 12.6. The number of rotatable bonds is 5. The highest BCUT2D eigenvalue weighted by Crippen LogP contribution is 2.35. The van der Waals surface area contributed by atoms with Crippen LogP contribution in [0.3, 0.4) is 0 Å². The lowest BCUT2D eigenvalue weighted by molar-refractivity contribution is -0.136. The number of hydrogen-bond acceptors (Lipinski definition) is 4. The van der Waals surface area contributed by atoms with Gasteiger partial charge in [0.05, 0.1) is 17.8 Å². The van der Waals surface area contributed by atoms with Crippen LogP contribution in [-0.4, -0.2) is 16.1 Å². The van der Waals surface area contributed by atoms with Crippen molar-refractivity contribution in [3.8, 4) is 11.3 Å². The fourth-order valence-electron chi connectivity index (χ4n) is 2.54. The van der Waals surface area contributed by atoms with Gasteiger partial charge >= 0.3 is 5.97 Å². The third-order valence-corrected chi connectivity index (χ3v) is 4.74. The molecule has 6 heteroatoms. The molecule has 1 aromatic heterocycles. The van der Waals surface area contributed by atoms with Gasteiger partial charge in [-0.15, -0.1) is 11.3 Å². The van der Waals surface area contributed by atoms with Gasteiger partial charge in [0.2, 0.25) is 0 Å². The van der Waals surface area contributed by atoms with Crippen LogP contribution in [0, 0.1) is 19.7 Å². The van der Waals surface area contributed by atoms with Gasteiger partial charge in [-0.2, -0.15) is 0 Å². The molecule has 1 heterocycles. The Bertz CT molecular complexity index is 937. The van der Waals surface area contributed by atoms with E-state index in [0.717, 1.165) is 16.7 Å². The number of carbonyl (C=O) groups is 1. The minimum atomic E-state index is -0.923. The van der Waals surface area contributed by atoms with Gasteiger partial charge in [-0.3, -0.25) is 4.79 Å². The fourth-order valence-corrected chi connectivity index (χ4v) is 3.52. The molecule has 25 heavy (non-hydrogen) atoms. The number of aromatic nitrogens is 1. The van der Waals surface area contributed by atoms with E-state index in [1.807, 2.05) is 32.0 Å². The number of para-hydroxylation sites is 1. The molecule has 0 aliphatic heterocycles. The van der Waals surface area contributed by atoms with E-state index in [9.17, 15) is 14.3 Å². The van der Waals surface area contributed by atoms with E-state index >= 15 is 0 Å². The van der Waals surface area contributed by atoms with Crippen molar-refractivity contribution >= 4 is 28.1 Å². The molecule has 3 rings (SSSR count). The van der Waals surface area contributed by atoms with Crippen LogP contribution < -0.4 is 5.32 Å². The van der Waals surface area contributed by atoms with Crippen molar-refractivity contribution in [2.75, 3.05) is 5.32 Å². The lowest BCUT2D eigenvalue weighted by Gasteiger charge is -2.06. The summed E-state index contributed by atoms with van der Waals surface area (Å²) in [5.41, 5.74) is 3.92. The van der Waals surface area contributed by atoms with Gasteiger partial charge in [-0.1, -0.05) is 29.8 Å². The highest BCUT2D eigenvalue weighted by Gasteiger charge is 2.18. The second kappa shape index (κ2) is 7.03. The maximum atomic E-state index is 13.9. The molecule has 0 spiro atoms. The molecular formula is C19H17FN2O2S. The Morgan fingerprint density at radius 2 is 2.00 bits per heavy atom. The highest BCUT2D eigenvalue weighted by molar-refractivity contribution is 7.16. The van der Waals surface area contributed by atoms with Gasteiger partial charge in [0.1, 0.15) is 5.82 Å². The van der Waals surface area contributed by atoms with E-state index in [2.05, 4.69) is 10.3 Å². The Kier molecular flexibility index (Phi) is 4.81. The lowest BCUT2D eigenvalue weighted by Crippen LogP contribution is -2.00. The largest absolute Gasteiger partial charge is 0.481 e. The SMILES string of the molecule is Cc1ccc(C)c(-c2nc(Nc3ccccc3F)sc2CC(=O)O)c1. The fraction of sp³-hybridized carbons (Fsp3) is 0.158. The smallest absolute Gasteiger partial charge is 0.308 e. The van der Waals surface area contributed by atoms with Crippen molar-refractivity contribution in [2.45, 2.75) is 20.3 Å². The van der Waals surface area contributed by atoms with Crippen LogP contribution in [0.15, 0.2) is 42.5 Å². The molecule has 2 aromatic carbocycles. The second-order valence-electron chi connectivity index (χ2n) is 5.78. The molecule has 128 valence electrons. The van der Waals surface area contributed by atoms with Gasteiger partial charge in [0.15, 0.2) is 5.13 Å². The molecule has 0 bridgehead atoms. The van der Waals surface area contributed by atoms with Gasteiger partial charge in [-0.25, -0.2) is 9.37 Å². The van der Waals surface area contributed by atoms with E-state index in [4.69, 9.17) is 0 Å². The van der Waals surface area contributed by atoms with E-state index in [1.54, 1.807) is 18.2 Å². The number of carboxylic acids is 1. The molecule has 0 fully saturated rings. The third kappa shape index (κ3) is 3.85. The predicted octanol–water partition coefficient (Wildman–Crippen LogP) is 4.94. The van der Waals surface area contributed by atoms with Crippen molar-refractivity contribution in [3.63, 3.8) is 0 Å². The van der Waals surface area contributed by atoms with Gasteiger partial charge in [0, 0.05) is 10.4 Å². The van der Waals surface area contributed by atoms with Gasteiger partial charge in [0.25, 0.3) is 0 Å². The van der Waals surface area contributed by atoms with E-state index in [-0.39, 0.29) is 12.2 Å². The Morgan fingerprint density at radius 1 is 1.24 bits per heavy atom.